The molecule has 2 nitrogen and oxygen atoms in total. The van der Waals surface area contributed by atoms with E-state index in [1.165, 1.54) is 5.56 Å². The van der Waals surface area contributed by atoms with Gasteiger partial charge in [0.1, 0.15) is 0 Å². The molecule has 0 heterocycles. The minimum atomic E-state index is -0.0932. The van der Waals surface area contributed by atoms with Crippen LogP contribution < -0.4 is 0 Å². The Bertz CT molecular complexity index is 293. The first-order chi connectivity index (χ1) is 7.83. The van der Waals surface area contributed by atoms with E-state index in [2.05, 4.69) is 6.92 Å². The van der Waals surface area contributed by atoms with Crippen molar-refractivity contribution in [3.8, 4) is 0 Å². The van der Waals surface area contributed by atoms with Gasteiger partial charge in [-0.2, -0.15) is 0 Å². The third kappa shape index (κ3) is 5.54. The molecule has 0 aliphatic heterocycles. The second-order valence-corrected chi connectivity index (χ2v) is 3.77. The molecule has 0 aliphatic carbocycles. The van der Waals surface area contributed by atoms with Crippen LogP contribution in [0, 0.1) is 6.92 Å². The Labute approximate surface area is 97.6 Å². The summed E-state index contributed by atoms with van der Waals surface area (Å²) in [4.78, 5) is 11.3. The van der Waals surface area contributed by atoms with Crippen molar-refractivity contribution >= 4 is 5.97 Å². The first-order valence-electron chi connectivity index (χ1n) is 5.81. The number of unbranched alkanes of at least 4 members (excludes halogenated alkanes) is 2. The Balaban J connectivity index is 2.09. The van der Waals surface area contributed by atoms with Crippen LogP contribution in [0.15, 0.2) is 30.3 Å². The zero-order chi connectivity index (χ0) is 11.6. The quantitative estimate of drug-likeness (QED) is 0.520. The van der Waals surface area contributed by atoms with Gasteiger partial charge in [-0.05, 0) is 12.0 Å². The summed E-state index contributed by atoms with van der Waals surface area (Å²) >= 11 is 0. The maximum absolute atomic E-state index is 11.3. The fraction of sp³-hybridized carbons (Fsp3) is 0.429. The van der Waals surface area contributed by atoms with Crippen LogP contribution in [-0.2, 0) is 16.0 Å². The Hall–Kier alpha value is -1.31. The molecule has 1 rings (SSSR count). The summed E-state index contributed by atoms with van der Waals surface area (Å²) in [6, 6.07) is 10.0. The van der Waals surface area contributed by atoms with E-state index in [1.807, 2.05) is 30.3 Å². The molecule has 1 aromatic rings. The fourth-order valence-corrected chi connectivity index (χ4v) is 1.45. The van der Waals surface area contributed by atoms with Crippen LogP contribution in [0.5, 0.6) is 0 Å². The zero-order valence-electron chi connectivity index (χ0n) is 9.65. The molecule has 1 radical (unpaired) electrons. The molecule has 2 heteroatoms. The number of esters is 1. The van der Waals surface area contributed by atoms with Crippen molar-refractivity contribution in [3.05, 3.63) is 42.8 Å². The molecule has 0 bridgehead atoms. The van der Waals surface area contributed by atoms with Crippen molar-refractivity contribution in [1.82, 2.24) is 0 Å². The van der Waals surface area contributed by atoms with E-state index in [4.69, 9.17) is 4.74 Å². The number of carbonyl (C=O) groups excluding carboxylic acids is 1. The number of rotatable bonds is 7. The number of hydrogen-bond acceptors (Lipinski definition) is 2. The Morgan fingerprint density at radius 1 is 1.19 bits per heavy atom. The summed E-state index contributed by atoms with van der Waals surface area (Å²) in [5.74, 6) is -0.0932. The molecule has 16 heavy (non-hydrogen) atoms. The van der Waals surface area contributed by atoms with Gasteiger partial charge < -0.3 is 4.74 Å². The van der Waals surface area contributed by atoms with Crippen molar-refractivity contribution in [1.29, 1.82) is 0 Å². The minimum Gasteiger partial charge on any atom is -0.465 e. The molecular formula is C14H19O2. The van der Waals surface area contributed by atoms with E-state index in [9.17, 15) is 4.79 Å². The van der Waals surface area contributed by atoms with Crippen LogP contribution in [0.1, 0.15) is 31.2 Å². The summed E-state index contributed by atoms with van der Waals surface area (Å²) in [6.45, 7) is 4.21. The van der Waals surface area contributed by atoms with Crippen LogP contribution in [-0.4, -0.2) is 12.6 Å². The summed E-state index contributed by atoms with van der Waals surface area (Å²) in [6.07, 6.45) is 4.07. The lowest BCUT2D eigenvalue weighted by Gasteiger charge is -2.04. The molecule has 1 aromatic carbocycles. The van der Waals surface area contributed by atoms with Crippen LogP contribution in [0.3, 0.4) is 0 Å². The second-order valence-electron chi connectivity index (χ2n) is 3.77. The zero-order valence-corrected chi connectivity index (χ0v) is 9.65. The van der Waals surface area contributed by atoms with Gasteiger partial charge in [0.05, 0.1) is 6.61 Å². The molecule has 0 saturated carbocycles. The highest BCUT2D eigenvalue weighted by molar-refractivity contribution is 5.69. The number of benzene rings is 1. The smallest absolute Gasteiger partial charge is 0.305 e. The van der Waals surface area contributed by atoms with E-state index in [0.717, 1.165) is 25.7 Å². The highest BCUT2D eigenvalue weighted by atomic mass is 16.5. The summed E-state index contributed by atoms with van der Waals surface area (Å²) < 4.78 is 5.13. The maximum Gasteiger partial charge on any atom is 0.305 e. The molecule has 0 unspecified atom stereocenters. The van der Waals surface area contributed by atoms with Gasteiger partial charge in [0.2, 0.25) is 0 Å². The van der Waals surface area contributed by atoms with Crippen molar-refractivity contribution in [2.24, 2.45) is 0 Å². The van der Waals surface area contributed by atoms with Crippen molar-refractivity contribution in [2.45, 2.75) is 32.1 Å². The molecule has 0 atom stereocenters. The first kappa shape index (κ1) is 12.8. The van der Waals surface area contributed by atoms with Gasteiger partial charge in [0.25, 0.3) is 0 Å². The van der Waals surface area contributed by atoms with E-state index in [-0.39, 0.29) is 5.97 Å². The molecule has 0 aromatic heterocycles. The predicted molar refractivity (Wildman–Crippen MR) is 64.9 cm³/mol. The van der Waals surface area contributed by atoms with Gasteiger partial charge in [-0.25, -0.2) is 0 Å². The van der Waals surface area contributed by atoms with Crippen LogP contribution in [0.2, 0.25) is 0 Å². The molecule has 0 aliphatic rings. The van der Waals surface area contributed by atoms with Gasteiger partial charge in [0, 0.05) is 12.8 Å². The van der Waals surface area contributed by atoms with E-state index in [1.54, 1.807) is 0 Å². The van der Waals surface area contributed by atoms with Crippen LogP contribution in [0.4, 0.5) is 0 Å². The van der Waals surface area contributed by atoms with Crippen molar-refractivity contribution in [2.75, 3.05) is 6.61 Å². The van der Waals surface area contributed by atoms with Crippen molar-refractivity contribution in [3.63, 3.8) is 0 Å². The molecule has 87 valence electrons. The van der Waals surface area contributed by atoms with Crippen LogP contribution >= 0.6 is 0 Å². The average molecular weight is 219 g/mol. The molecule has 0 spiro atoms. The predicted octanol–water partition coefficient (Wildman–Crippen LogP) is 3.17. The summed E-state index contributed by atoms with van der Waals surface area (Å²) in [5.41, 5.74) is 1.20. The molecule has 0 N–H and O–H groups in total. The van der Waals surface area contributed by atoms with E-state index < -0.39 is 0 Å². The molecule has 0 saturated heterocycles. The topological polar surface area (TPSA) is 26.3 Å². The molecular weight excluding hydrogens is 200 g/mol. The van der Waals surface area contributed by atoms with Gasteiger partial charge in [-0.3, -0.25) is 4.79 Å². The Morgan fingerprint density at radius 3 is 2.62 bits per heavy atom. The highest BCUT2D eigenvalue weighted by Gasteiger charge is 2.01. The Morgan fingerprint density at radius 2 is 1.94 bits per heavy atom. The lowest BCUT2D eigenvalue weighted by Crippen LogP contribution is -2.07. The van der Waals surface area contributed by atoms with E-state index >= 15 is 0 Å². The molecule has 0 amide bonds. The van der Waals surface area contributed by atoms with Crippen LogP contribution in [0.25, 0.3) is 0 Å². The van der Waals surface area contributed by atoms with Crippen molar-refractivity contribution < 1.29 is 9.53 Å². The lowest BCUT2D eigenvalue weighted by molar-refractivity contribution is -0.143. The number of carbonyl (C=O) groups is 1. The number of ether oxygens (including phenoxy) is 1. The van der Waals surface area contributed by atoms with E-state index in [0.29, 0.717) is 13.0 Å². The highest BCUT2D eigenvalue weighted by Crippen LogP contribution is 2.02. The third-order valence-corrected chi connectivity index (χ3v) is 2.38. The normalized spacial score (nSPS) is 10.1. The Kier molecular flexibility index (Phi) is 6.31. The SMILES string of the molecule is [CH2]CCCCC(=O)OCCc1ccccc1. The van der Waals surface area contributed by atoms with Gasteiger partial charge >= 0.3 is 5.97 Å². The lowest BCUT2D eigenvalue weighted by atomic mass is 10.2. The monoisotopic (exact) mass is 219 g/mol. The largest absolute Gasteiger partial charge is 0.465 e. The minimum absolute atomic E-state index is 0.0932. The standard InChI is InChI=1S/C14H19O2/c1-2-3-5-10-14(15)16-12-11-13-8-6-4-7-9-13/h4,6-9H,1-3,5,10-12H2. The first-order valence-corrected chi connectivity index (χ1v) is 5.81. The fourth-order valence-electron chi connectivity index (χ4n) is 1.45. The summed E-state index contributed by atoms with van der Waals surface area (Å²) in [5, 5.41) is 0. The van der Waals surface area contributed by atoms with Gasteiger partial charge in [0.15, 0.2) is 0 Å². The van der Waals surface area contributed by atoms with Gasteiger partial charge in [-0.1, -0.05) is 50.1 Å². The molecule has 0 fully saturated rings. The number of hydrogen-bond donors (Lipinski definition) is 0. The second kappa shape index (κ2) is 7.91. The van der Waals surface area contributed by atoms with Gasteiger partial charge in [-0.15, -0.1) is 0 Å². The maximum atomic E-state index is 11.3. The average Bonchev–Trinajstić information content (AvgIpc) is 2.31. The third-order valence-electron chi connectivity index (χ3n) is 2.38. The summed E-state index contributed by atoms with van der Waals surface area (Å²) in [7, 11) is 0.